The molecule has 0 saturated heterocycles. The van der Waals surface area contributed by atoms with Crippen molar-refractivity contribution in [2.45, 2.75) is 62.2 Å². The second-order valence-corrected chi connectivity index (χ2v) is 9.77. The molecule has 2 amide bonds. The Morgan fingerprint density at radius 1 is 0.861 bits per heavy atom. The van der Waals surface area contributed by atoms with Gasteiger partial charge in [0.25, 0.3) is 0 Å². The van der Waals surface area contributed by atoms with E-state index in [0.717, 1.165) is 47.6 Å². The molecule has 0 fully saturated rings. The molecule has 0 heterocycles. The predicted molar refractivity (Wildman–Crippen MR) is 148 cm³/mol. The molecular formula is C30H36N2O3S. The number of hydrogen-bond acceptors (Lipinski definition) is 4. The van der Waals surface area contributed by atoms with Crippen LogP contribution in [0.3, 0.4) is 0 Å². The molecule has 190 valence electrons. The van der Waals surface area contributed by atoms with E-state index in [-0.39, 0.29) is 12.0 Å². The van der Waals surface area contributed by atoms with E-state index in [0.29, 0.717) is 25.3 Å². The van der Waals surface area contributed by atoms with E-state index in [1.807, 2.05) is 72.5 Å². The number of hydrogen-bond donors (Lipinski definition) is 1. The summed E-state index contributed by atoms with van der Waals surface area (Å²) in [5.74, 6) is 0.328. The summed E-state index contributed by atoms with van der Waals surface area (Å²) in [6.07, 6.45) is 4.94. The van der Waals surface area contributed by atoms with Crippen LogP contribution >= 0.6 is 11.8 Å². The first kappa shape index (κ1) is 27.3. The highest BCUT2D eigenvalue weighted by molar-refractivity contribution is 7.99. The Hall–Kier alpha value is -3.25. The molecular weight excluding hydrogens is 468 g/mol. The van der Waals surface area contributed by atoms with Crippen LogP contribution in [0.4, 0.5) is 10.5 Å². The third kappa shape index (κ3) is 9.08. The lowest BCUT2D eigenvalue weighted by atomic mass is 10.1. The Balaban J connectivity index is 1.72. The topological polar surface area (TPSA) is 58.6 Å². The molecule has 0 radical (unpaired) electrons. The molecule has 0 aromatic heterocycles. The van der Waals surface area contributed by atoms with Crippen LogP contribution in [0.1, 0.15) is 51.5 Å². The standard InChI is InChI=1S/C30H36N2O3S/c1-3-5-20-31-30(34)32(21-11-15-24-13-7-6-8-14-24)25-16-9-18-27(22-25)36-28-19-10-17-26(23-28)35-29(33)12-4-2/h6-10,13-14,16-19,22-23H,3-5,11-12,15,20-21H2,1-2H3,(H,31,34). The molecule has 36 heavy (non-hydrogen) atoms. The van der Waals surface area contributed by atoms with Gasteiger partial charge in [-0.3, -0.25) is 9.69 Å². The summed E-state index contributed by atoms with van der Waals surface area (Å²) < 4.78 is 5.44. The van der Waals surface area contributed by atoms with Crippen LogP contribution < -0.4 is 15.0 Å². The Bertz CT molecular complexity index is 1100. The lowest BCUT2D eigenvalue weighted by molar-refractivity contribution is -0.134. The number of urea groups is 1. The Morgan fingerprint density at radius 2 is 1.61 bits per heavy atom. The van der Waals surface area contributed by atoms with Crippen molar-refractivity contribution >= 4 is 29.4 Å². The number of amides is 2. The fraction of sp³-hybridized carbons (Fsp3) is 0.333. The van der Waals surface area contributed by atoms with Crippen molar-refractivity contribution in [1.29, 1.82) is 0 Å². The van der Waals surface area contributed by atoms with Gasteiger partial charge in [-0.15, -0.1) is 0 Å². The Kier molecular flexibility index (Phi) is 11.4. The van der Waals surface area contributed by atoms with Gasteiger partial charge in [0.15, 0.2) is 0 Å². The van der Waals surface area contributed by atoms with Crippen LogP contribution in [0, 0.1) is 0 Å². The monoisotopic (exact) mass is 504 g/mol. The maximum absolute atomic E-state index is 13.1. The highest BCUT2D eigenvalue weighted by Crippen LogP contribution is 2.32. The molecule has 0 saturated carbocycles. The average Bonchev–Trinajstić information content (AvgIpc) is 2.88. The fourth-order valence-corrected chi connectivity index (χ4v) is 4.66. The molecule has 0 aliphatic carbocycles. The molecule has 3 aromatic rings. The number of aryl methyl sites for hydroxylation is 1. The maximum Gasteiger partial charge on any atom is 0.321 e. The van der Waals surface area contributed by atoms with Crippen LogP contribution in [0.15, 0.2) is 88.7 Å². The molecule has 0 bridgehead atoms. The van der Waals surface area contributed by atoms with E-state index in [1.165, 1.54) is 5.56 Å². The van der Waals surface area contributed by atoms with Crippen LogP contribution in [0.2, 0.25) is 0 Å². The highest BCUT2D eigenvalue weighted by Gasteiger charge is 2.16. The van der Waals surface area contributed by atoms with Gasteiger partial charge in [-0.2, -0.15) is 0 Å². The number of benzene rings is 3. The van der Waals surface area contributed by atoms with Gasteiger partial charge in [-0.05, 0) is 67.6 Å². The fourth-order valence-electron chi connectivity index (χ4n) is 3.74. The van der Waals surface area contributed by atoms with E-state index >= 15 is 0 Å². The van der Waals surface area contributed by atoms with E-state index in [9.17, 15) is 9.59 Å². The van der Waals surface area contributed by atoms with Crippen LogP contribution in [-0.4, -0.2) is 25.1 Å². The number of carbonyl (C=O) groups excluding carboxylic acids is 2. The van der Waals surface area contributed by atoms with E-state index in [4.69, 9.17) is 4.74 Å². The predicted octanol–water partition coefficient (Wildman–Crippen LogP) is 7.49. The van der Waals surface area contributed by atoms with Crippen molar-refractivity contribution in [3.8, 4) is 5.75 Å². The summed E-state index contributed by atoms with van der Waals surface area (Å²) in [7, 11) is 0. The first-order chi connectivity index (χ1) is 17.6. The first-order valence-electron chi connectivity index (χ1n) is 12.8. The molecule has 5 nitrogen and oxygen atoms in total. The summed E-state index contributed by atoms with van der Waals surface area (Å²) in [5.41, 5.74) is 2.14. The van der Waals surface area contributed by atoms with E-state index < -0.39 is 0 Å². The minimum absolute atomic E-state index is 0.0662. The number of esters is 1. The molecule has 3 aromatic carbocycles. The molecule has 3 rings (SSSR count). The quantitative estimate of drug-likeness (QED) is 0.149. The van der Waals surface area contributed by atoms with Gasteiger partial charge in [-0.25, -0.2) is 4.79 Å². The SMILES string of the molecule is CCCCNC(=O)N(CCCc1ccccc1)c1cccc(Sc2cccc(OC(=O)CCC)c2)c1. The lowest BCUT2D eigenvalue weighted by Gasteiger charge is -2.24. The zero-order valence-electron chi connectivity index (χ0n) is 21.2. The van der Waals surface area contributed by atoms with E-state index in [1.54, 1.807) is 17.8 Å². The highest BCUT2D eigenvalue weighted by atomic mass is 32.2. The van der Waals surface area contributed by atoms with Gasteiger partial charge in [-0.1, -0.05) is 74.5 Å². The number of unbranched alkanes of at least 4 members (excludes halogenated alkanes) is 1. The Labute approximate surface area is 219 Å². The molecule has 0 aliphatic heterocycles. The maximum atomic E-state index is 13.1. The van der Waals surface area contributed by atoms with Gasteiger partial charge in [0, 0.05) is 35.0 Å². The molecule has 6 heteroatoms. The minimum Gasteiger partial charge on any atom is -0.426 e. The smallest absolute Gasteiger partial charge is 0.321 e. The number of nitrogens with one attached hydrogen (secondary N) is 1. The number of ether oxygens (including phenoxy) is 1. The van der Waals surface area contributed by atoms with Gasteiger partial charge in [0.1, 0.15) is 5.75 Å². The van der Waals surface area contributed by atoms with Crippen LogP contribution in [-0.2, 0) is 11.2 Å². The van der Waals surface area contributed by atoms with Gasteiger partial charge < -0.3 is 10.1 Å². The zero-order valence-corrected chi connectivity index (χ0v) is 22.1. The third-order valence-corrected chi connectivity index (χ3v) is 6.58. The minimum atomic E-state index is -0.220. The lowest BCUT2D eigenvalue weighted by Crippen LogP contribution is -2.41. The van der Waals surface area contributed by atoms with Crippen molar-refractivity contribution < 1.29 is 14.3 Å². The third-order valence-electron chi connectivity index (χ3n) is 5.60. The van der Waals surface area contributed by atoms with Crippen LogP contribution in [0.25, 0.3) is 0 Å². The molecule has 0 unspecified atom stereocenters. The number of rotatable bonds is 13. The zero-order chi connectivity index (χ0) is 25.6. The second-order valence-electron chi connectivity index (χ2n) is 8.62. The van der Waals surface area contributed by atoms with Gasteiger partial charge >= 0.3 is 12.0 Å². The molecule has 1 N–H and O–H groups in total. The summed E-state index contributed by atoms with van der Waals surface area (Å²) in [4.78, 5) is 28.8. The molecule has 0 atom stereocenters. The normalized spacial score (nSPS) is 10.6. The summed E-state index contributed by atoms with van der Waals surface area (Å²) in [5, 5.41) is 3.07. The largest absolute Gasteiger partial charge is 0.426 e. The Morgan fingerprint density at radius 3 is 2.36 bits per heavy atom. The molecule has 0 aliphatic rings. The first-order valence-corrected chi connectivity index (χ1v) is 13.6. The second kappa shape index (κ2) is 15.0. The summed E-state index contributed by atoms with van der Waals surface area (Å²) >= 11 is 1.58. The van der Waals surface area contributed by atoms with Crippen LogP contribution in [0.5, 0.6) is 5.75 Å². The van der Waals surface area contributed by atoms with Crippen molar-refractivity contribution in [3.63, 3.8) is 0 Å². The van der Waals surface area contributed by atoms with Crippen molar-refractivity contribution in [2.24, 2.45) is 0 Å². The number of carbonyl (C=O) groups is 2. The van der Waals surface area contributed by atoms with Crippen molar-refractivity contribution in [1.82, 2.24) is 5.32 Å². The van der Waals surface area contributed by atoms with Gasteiger partial charge in [0.05, 0.1) is 0 Å². The van der Waals surface area contributed by atoms with E-state index in [2.05, 4.69) is 24.4 Å². The van der Waals surface area contributed by atoms with Crippen molar-refractivity contribution in [2.75, 3.05) is 18.0 Å². The molecule has 0 spiro atoms. The summed E-state index contributed by atoms with van der Waals surface area (Å²) in [6, 6.07) is 25.9. The number of nitrogens with zero attached hydrogens (tertiary/aromatic N) is 1. The number of anilines is 1. The van der Waals surface area contributed by atoms with Gasteiger partial charge in [0.2, 0.25) is 0 Å². The summed E-state index contributed by atoms with van der Waals surface area (Å²) in [6.45, 7) is 5.37. The average molecular weight is 505 g/mol. The van der Waals surface area contributed by atoms with Crippen molar-refractivity contribution in [3.05, 3.63) is 84.4 Å².